The SMILES string of the molecule is C=CCCC(=O)N(C)[C@H](C)[C@H](OC(=O)[C@@H]1[C@H]2C(=O)N([C@@H](CO)CC(C)C)[C@H](C(=O)N(CC=C)c3ccc(OC)cc3)[C@]23CC[C@H]1O3)c1ccccc1. The average Bonchev–Trinajstić information content (AvgIpc) is 3.80. The fraction of sp³-hybridized carbons (Fsp3) is 0.512. The summed E-state index contributed by atoms with van der Waals surface area (Å²) in [5, 5.41) is 10.7. The Bertz CT molecular complexity index is 1610. The Morgan fingerprint density at radius 1 is 1.08 bits per heavy atom. The molecule has 0 saturated carbocycles. The maximum Gasteiger partial charge on any atom is 0.313 e. The minimum absolute atomic E-state index is 0.0989. The highest BCUT2D eigenvalue weighted by Gasteiger charge is 2.75. The van der Waals surface area contributed by atoms with E-state index in [1.807, 2.05) is 51.1 Å². The molecule has 3 amide bonds. The second kappa shape index (κ2) is 16.5. The van der Waals surface area contributed by atoms with Gasteiger partial charge in [-0.2, -0.15) is 0 Å². The number of aliphatic hydroxyl groups excluding tert-OH is 1. The summed E-state index contributed by atoms with van der Waals surface area (Å²) in [6.45, 7) is 13.2. The number of aliphatic hydroxyl groups is 1. The molecule has 3 aliphatic heterocycles. The van der Waals surface area contributed by atoms with Gasteiger partial charge in [-0.3, -0.25) is 19.2 Å². The van der Waals surface area contributed by atoms with E-state index in [1.165, 1.54) is 4.90 Å². The molecule has 2 aromatic rings. The minimum Gasteiger partial charge on any atom is -0.497 e. The first-order valence-electron chi connectivity index (χ1n) is 18.2. The van der Waals surface area contributed by atoms with Crippen LogP contribution in [-0.4, -0.2) is 95.7 Å². The number of anilines is 1. The zero-order valence-electron chi connectivity index (χ0n) is 31.0. The second-order valence-electron chi connectivity index (χ2n) is 14.5. The summed E-state index contributed by atoms with van der Waals surface area (Å²) in [5.41, 5.74) is -0.0310. The third-order valence-corrected chi connectivity index (χ3v) is 10.9. The monoisotopic (exact) mass is 715 g/mol. The zero-order chi connectivity index (χ0) is 37.7. The minimum atomic E-state index is -1.32. The van der Waals surface area contributed by atoms with Crippen LogP contribution in [0.5, 0.6) is 5.75 Å². The maximum atomic E-state index is 15.0. The lowest BCUT2D eigenvalue weighted by atomic mass is 9.70. The molecule has 2 bridgehead atoms. The van der Waals surface area contributed by atoms with E-state index in [0.717, 1.165) is 0 Å². The van der Waals surface area contributed by atoms with Crippen molar-refractivity contribution in [3.05, 3.63) is 85.5 Å². The number of nitrogens with zero attached hydrogens (tertiary/aromatic N) is 3. The number of ether oxygens (including phenoxy) is 3. The highest BCUT2D eigenvalue weighted by molar-refractivity contribution is 6.05. The van der Waals surface area contributed by atoms with Gasteiger partial charge >= 0.3 is 5.97 Å². The van der Waals surface area contributed by atoms with Crippen molar-refractivity contribution in [1.82, 2.24) is 9.80 Å². The highest BCUT2D eigenvalue weighted by atomic mass is 16.6. The number of carbonyl (C=O) groups excluding carboxylic acids is 4. The standard InChI is InChI=1S/C41H53N3O8/c1-8-10-16-33(46)42(6)27(5)36(28-14-12-11-13-15-28)51-40(49)34-32-21-22-41(52-32)35(34)38(47)44(30(25-45)24-26(3)4)37(41)39(48)43(23-9-2)29-17-19-31(50-7)20-18-29/h8-9,11-15,17-20,26-27,30,32,34-37,45H,1-2,10,16,21-25H2,3-7H3/t27-,30-,32-,34+,35+,36+,37-,41+/m1/s1. The molecule has 11 heteroatoms. The first-order chi connectivity index (χ1) is 24.9. The van der Waals surface area contributed by atoms with E-state index < -0.39 is 59.6 Å². The van der Waals surface area contributed by atoms with E-state index in [-0.39, 0.29) is 37.3 Å². The van der Waals surface area contributed by atoms with Crippen molar-refractivity contribution >= 4 is 29.4 Å². The number of amides is 3. The lowest BCUT2D eigenvalue weighted by Crippen LogP contribution is -2.59. The van der Waals surface area contributed by atoms with E-state index in [1.54, 1.807) is 60.4 Å². The van der Waals surface area contributed by atoms with Gasteiger partial charge in [-0.1, -0.05) is 56.3 Å². The molecule has 0 unspecified atom stereocenters. The summed E-state index contributed by atoms with van der Waals surface area (Å²) < 4.78 is 18.4. The van der Waals surface area contributed by atoms with Crippen LogP contribution in [0.1, 0.15) is 64.5 Å². The number of esters is 1. The van der Waals surface area contributed by atoms with Gasteiger partial charge in [-0.05, 0) is 68.4 Å². The van der Waals surface area contributed by atoms with Gasteiger partial charge in [0.05, 0.1) is 43.7 Å². The van der Waals surface area contributed by atoms with Gasteiger partial charge in [0.2, 0.25) is 11.8 Å². The summed E-state index contributed by atoms with van der Waals surface area (Å²) in [5.74, 6) is -2.80. The Kier molecular flexibility index (Phi) is 12.3. The van der Waals surface area contributed by atoms with Crippen molar-refractivity contribution in [2.45, 2.75) is 88.8 Å². The number of likely N-dealkylation sites (tertiary alicyclic amines) is 1. The molecule has 1 N–H and O–H groups in total. The molecule has 0 aliphatic carbocycles. The van der Waals surface area contributed by atoms with Gasteiger partial charge in [0, 0.05) is 25.7 Å². The molecule has 2 aromatic carbocycles. The Morgan fingerprint density at radius 3 is 2.37 bits per heavy atom. The van der Waals surface area contributed by atoms with E-state index in [4.69, 9.17) is 14.2 Å². The molecule has 0 radical (unpaired) electrons. The molecular weight excluding hydrogens is 662 g/mol. The van der Waals surface area contributed by atoms with Gasteiger partial charge in [-0.15, -0.1) is 13.2 Å². The number of benzene rings is 2. The smallest absolute Gasteiger partial charge is 0.313 e. The van der Waals surface area contributed by atoms with Crippen LogP contribution in [0.4, 0.5) is 5.69 Å². The number of rotatable bonds is 17. The van der Waals surface area contributed by atoms with E-state index >= 15 is 0 Å². The molecule has 0 aromatic heterocycles. The van der Waals surface area contributed by atoms with Crippen molar-refractivity contribution < 1.29 is 38.5 Å². The molecule has 3 aliphatic rings. The van der Waals surface area contributed by atoms with Crippen LogP contribution in [0.25, 0.3) is 0 Å². The maximum absolute atomic E-state index is 15.0. The molecule has 3 saturated heterocycles. The fourth-order valence-corrected chi connectivity index (χ4v) is 8.34. The number of allylic oxidation sites excluding steroid dienone is 1. The quantitative estimate of drug-likeness (QED) is 0.177. The molecule has 8 atom stereocenters. The molecule has 52 heavy (non-hydrogen) atoms. The fourth-order valence-electron chi connectivity index (χ4n) is 8.34. The summed E-state index contributed by atoms with van der Waals surface area (Å²) in [7, 11) is 3.25. The predicted molar refractivity (Wildman–Crippen MR) is 197 cm³/mol. The molecular formula is C41H53N3O8. The van der Waals surface area contributed by atoms with Gasteiger partial charge < -0.3 is 34.0 Å². The third-order valence-electron chi connectivity index (χ3n) is 10.9. The lowest BCUT2D eigenvalue weighted by Gasteiger charge is -2.39. The number of likely N-dealkylation sites (N-methyl/N-ethyl adjacent to an activating group) is 1. The average molecular weight is 716 g/mol. The van der Waals surface area contributed by atoms with E-state index in [0.29, 0.717) is 42.7 Å². The van der Waals surface area contributed by atoms with Crippen molar-refractivity contribution in [1.29, 1.82) is 0 Å². The van der Waals surface area contributed by atoms with Crippen LogP contribution in [-0.2, 0) is 28.7 Å². The topological polar surface area (TPSA) is 126 Å². The summed E-state index contributed by atoms with van der Waals surface area (Å²) >= 11 is 0. The van der Waals surface area contributed by atoms with Crippen LogP contribution >= 0.6 is 0 Å². The van der Waals surface area contributed by atoms with Crippen LogP contribution in [0.2, 0.25) is 0 Å². The number of hydrogen-bond donors (Lipinski definition) is 1. The molecule has 11 nitrogen and oxygen atoms in total. The van der Waals surface area contributed by atoms with Crippen LogP contribution in [0.3, 0.4) is 0 Å². The number of fused-ring (bicyclic) bond motifs is 1. The lowest BCUT2D eigenvalue weighted by molar-refractivity contribution is -0.165. The molecule has 1 spiro atoms. The number of hydrogen-bond acceptors (Lipinski definition) is 8. The molecule has 3 fully saturated rings. The third kappa shape index (κ3) is 7.25. The van der Waals surface area contributed by atoms with Crippen molar-refractivity contribution in [2.75, 3.05) is 32.2 Å². The second-order valence-corrected chi connectivity index (χ2v) is 14.5. The normalized spacial score (nSPS) is 24.9. The summed E-state index contributed by atoms with van der Waals surface area (Å²) in [6.07, 6.45) is 3.88. The van der Waals surface area contributed by atoms with Crippen LogP contribution < -0.4 is 9.64 Å². The Labute approximate surface area is 307 Å². The Morgan fingerprint density at radius 2 is 1.77 bits per heavy atom. The van der Waals surface area contributed by atoms with Crippen molar-refractivity contribution in [3.8, 4) is 5.75 Å². The van der Waals surface area contributed by atoms with Gasteiger partial charge in [0.15, 0.2) is 0 Å². The summed E-state index contributed by atoms with van der Waals surface area (Å²) in [4.78, 5) is 62.0. The first-order valence-corrected chi connectivity index (χ1v) is 18.2. The van der Waals surface area contributed by atoms with Crippen molar-refractivity contribution in [3.63, 3.8) is 0 Å². The van der Waals surface area contributed by atoms with Gasteiger partial charge in [0.1, 0.15) is 23.5 Å². The van der Waals surface area contributed by atoms with Crippen molar-refractivity contribution in [2.24, 2.45) is 17.8 Å². The largest absolute Gasteiger partial charge is 0.497 e. The number of carbonyl (C=O) groups is 4. The Balaban J connectivity index is 1.53. The summed E-state index contributed by atoms with van der Waals surface area (Å²) in [6, 6.07) is 13.9. The van der Waals surface area contributed by atoms with Gasteiger partial charge in [-0.25, -0.2) is 0 Å². The van der Waals surface area contributed by atoms with E-state index in [2.05, 4.69) is 13.2 Å². The predicted octanol–water partition coefficient (Wildman–Crippen LogP) is 5.09. The van der Waals surface area contributed by atoms with Crippen LogP contribution in [0, 0.1) is 17.8 Å². The first kappa shape index (κ1) is 38.7. The van der Waals surface area contributed by atoms with Gasteiger partial charge in [0.25, 0.3) is 5.91 Å². The Hall–Kier alpha value is -4.48. The number of methoxy groups -OCH3 is 1. The zero-order valence-corrected chi connectivity index (χ0v) is 31.0. The van der Waals surface area contributed by atoms with E-state index in [9.17, 15) is 24.3 Å². The molecule has 3 heterocycles. The molecule has 280 valence electrons. The van der Waals surface area contributed by atoms with Crippen LogP contribution in [0.15, 0.2) is 79.9 Å². The highest BCUT2D eigenvalue weighted by Crippen LogP contribution is 2.59. The molecule has 5 rings (SSSR count).